The van der Waals surface area contributed by atoms with Gasteiger partial charge in [-0.15, -0.1) is 0 Å². The Kier molecular flexibility index (Phi) is 5.41. The lowest BCUT2D eigenvalue weighted by atomic mass is 10.1. The number of nitro benzene ring substituents is 1. The van der Waals surface area contributed by atoms with Gasteiger partial charge in [-0.3, -0.25) is 19.6 Å². The highest BCUT2D eigenvalue weighted by atomic mass is 16.6. The number of ether oxygens (including phenoxy) is 1. The predicted molar refractivity (Wildman–Crippen MR) is 92.8 cm³/mol. The molecule has 0 saturated carbocycles. The number of carbonyl (C=O) groups is 1. The first-order valence-corrected chi connectivity index (χ1v) is 7.90. The fourth-order valence-corrected chi connectivity index (χ4v) is 2.77. The molecule has 8 nitrogen and oxygen atoms in total. The van der Waals surface area contributed by atoms with Gasteiger partial charge < -0.3 is 9.64 Å². The van der Waals surface area contributed by atoms with Crippen molar-refractivity contribution >= 4 is 11.6 Å². The number of aromatic nitrogens is 2. The van der Waals surface area contributed by atoms with Crippen LogP contribution in [-0.4, -0.2) is 39.7 Å². The quantitative estimate of drug-likeness (QED) is 0.592. The van der Waals surface area contributed by atoms with E-state index in [-0.39, 0.29) is 22.9 Å². The molecule has 8 heteroatoms. The molecule has 0 fully saturated rings. The lowest BCUT2D eigenvalue weighted by molar-refractivity contribution is -0.385. The van der Waals surface area contributed by atoms with Gasteiger partial charge in [-0.2, -0.15) is 5.10 Å². The zero-order valence-electron chi connectivity index (χ0n) is 15.1. The number of benzene rings is 1. The Bertz CT molecular complexity index is 813. The molecule has 0 aliphatic heterocycles. The molecule has 0 aliphatic rings. The molecule has 1 amide bonds. The van der Waals surface area contributed by atoms with E-state index in [0.29, 0.717) is 6.54 Å². The highest BCUT2D eigenvalue weighted by Gasteiger charge is 2.21. The average molecular weight is 346 g/mol. The fourth-order valence-electron chi connectivity index (χ4n) is 2.77. The van der Waals surface area contributed by atoms with Gasteiger partial charge in [0.2, 0.25) is 0 Å². The summed E-state index contributed by atoms with van der Waals surface area (Å²) in [5.41, 5.74) is 2.89. The molecule has 2 aromatic rings. The van der Waals surface area contributed by atoms with Gasteiger partial charge in [0.15, 0.2) is 5.75 Å². The normalized spacial score (nSPS) is 10.6. The van der Waals surface area contributed by atoms with E-state index in [1.807, 2.05) is 25.5 Å². The molecule has 0 radical (unpaired) electrons. The summed E-state index contributed by atoms with van der Waals surface area (Å²) in [6.07, 6.45) is 0. The maximum Gasteiger partial charge on any atom is 0.311 e. The Morgan fingerprint density at radius 2 is 2.08 bits per heavy atom. The maximum absolute atomic E-state index is 12.7. The molecule has 0 unspecified atom stereocenters. The van der Waals surface area contributed by atoms with Crippen LogP contribution in [0.5, 0.6) is 5.75 Å². The smallest absolute Gasteiger partial charge is 0.311 e. The molecule has 2 rings (SSSR count). The van der Waals surface area contributed by atoms with Crippen molar-refractivity contribution in [2.45, 2.75) is 33.9 Å². The summed E-state index contributed by atoms with van der Waals surface area (Å²) in [6.45, 7) is 7.03. The third-order valence-electron chi connectivity index (χ3n) is 4.20. The second-order valence-electron chi connectivity index (χ2n) is 5.77. The lowest BCUT2D eigenvalue weighted by Gasteiger charge is -2.18. The van der Waals surface area contributed by atoms with Crippen molar-refractivity contribution in [3.05, 3.63) is 50.8 Å². The van der Waals surface area contributed by atoms with Gasteiger partial charge in [0.25, 0.3) is 5.91 Å². The van der Waals surface area contributed by atoms with Crippen molar-refractivity contribution in [2.75, 3.05) is 14.2 Å². The predicted octanol–water partition coefficient (Wildman–Crippen LogP) is 2.71. The van der Waals surface area contributed by atoms with E-state index in [4.69, 9.17) is 4.74 Å². The molecule has 0 aliphatic carbocycles. The molecule has 1 aromatic heterocycles. The Morgan fingerprint density at radius 1 is 1.40 bits per heavy atom. The van der Waals surface area contributed by atoms with Gasteiger partial charge in [0, 0.05) is 43.0 Å². The SMILES string of the molecule is CCn1nc(C)c(CN(C)C(=O)c2ccc(OC)c([N+](=O)[O-])c2)c1C. The number of nitrogens with zero attached hydrogens (tertiary/aromatic N) is 4. The molecular formula is C17H22N4O4. The van der Waals surface area contributed by atoms with E-state index in [1.165, 1.54) is 30.2 Å². The fraction of sp³-hybridized carbons (Fsp3) is 0.412. The molecule has 0 N–H and O–H groups in total. The van der Waals surface area contributed by atoms with Crippen LogP contribution in [0.15, 0.2) is 18.2 Å². The first kappa shape index (κ1) is 18.4. The van der Waals surface area contributed by atoms with E-state index >= 15 is 0 Å². The van der Waals surface area contributed by atoms with E-state index in [9.17, 15) is 14.9 Å². The molecule has 25 heavy (non-hydrogen) atoms. The second kappa shape index (κ2) is 7.33. The highest BCUT2D eigenvalue weighted by Crippen LogP contribution is 2.28. The van der Waals surface area contributed by atoms with Crippen LogP contribution in [0.4, 0.5) is 5.69 Å². The molecular weight excluding hydrogens is 324 g/mol. The third-order valence-corrected chi connectivity index (χ3v) is 4.20. The summed E-state index contributed by atoms with van der Waals surface area (Å²) in [4.78, 5) is 24.8. The Morgan fingerprint density at radius 3 is 2.60 bits per heavy atom. The average Bonchev–Trinajstić information content (AvgIpc) is 2.87. The van der Waals surface area contributed by atoms with Crippen molar-refractivity contribution in [1.82, 2.24) is 14.7 Å². The number of nitro groups is 1. The van der Waals surface area contributed by atoms with E-state index < -0.39 is 4.92 Å². The summed E-state index contributed by atoms with van der Waals surface area (Å²) >= 11 is 0. The number of hydrogen-bond donors (Lipinski definition) is 0. The minimum atomic E-state index is -0.560. The van der Waals surface area contributed by atoms with Gasteiger partial charge in [-0.05, 0) is 32.9 Å². The molecule has 1 aromatic carbocycles. The van der Waals surface area contributed by atoms with E-state index in [0.717, 1.165) is 23.5 Å². The summed E-state index contributed by atoms with van der Waals surface area (Å²) in [6, 6.07) is 4.21. The van der Waals surface area contributed by atoms with E-state index in [1.54, 1.807) is 7.05 Å². The van der Waals surface area contributed by atoms with Gasteiger partial charge in [-0.25, -0.2) is 0 Å². The largest absolute Gasteiger partial charge is 0.490 e. The summed E-state index contributed by atoms with van der Waals surface area (Å²) in [5.74, 6) is -0.172. The molecule has 134 valence electrons. The minimum Gasteiger partial charge on any atom is -0.490 e. The van der Waals surface area contributed by atoms with Crippen molar-refractivity contribution < 1.29 is 14.5 Å². The summed E-state index contributed by atoms with van der Waals surface area (Å²) in [7, 11) is 3.02. The van der Waals surface area contributed by atoms with Crippen molar-refractivity contribution in [3.8, 4) is 5.75 Å². The van der Waals surface area contributed by atoms with Crippen LogP contribution >= 0.6 is 0 Å². The monoisotopic (exact) mass is 346 g/mol. The van der Waals surface area contributed by atoms with Gasteiger partial charge >= 0.3 is 5.69 Å². The minimum absolute atomic E-state index is 0.125. The maximum atomic E-state index is 12.7. The molecule has 0 atom stereocenters. The number of amides is 1. The zero-order chi connectivity index (χ0) is 18.7. The number of hydrogen-bond acceptors (Lipinski definition) is 5. The highest BCUT2D eigenvalue weighted by molar-refractivity contribution is 5.95. The van der Waals surface area contributed by atoms with E-state index in [2.05, 4.69) is 5.10 Å². The number of methoxy groups -OCH3 is 1. The van der Waals surface area contributed by atoms with Crippen LogP contribution in [0.3, 0.4) is 0 Å². The zero-order valence-corrected chi connectivity index (χ0v) is 15.1. The first-order chi connectivity index (χ1) is 11.8. The lowest BCUT2D eigenvalue weighted by Crippen LogP contribution is -2.26. The Labute approximate surface area is 146 Å². The topological polar surface area (TPSA) is 90.5 Å². The van der Waals surface area contributed by atoms with Crippen LogP contribution in [-0.2, 0) is 13.1 Å². The Balaban J connectivity index is 2.27. The molecule has 0 bridgehead atoms. The molecule has 0 spiro atoms. The summed E-state index contributed by atoms with van der Waals surface area (Å²) < 4.78 is 6.86. The third kappa shape index (κ3) is 3.62. The standard InChI is InChI=1S/C17H22N4O4/c1-6-20-12(3)14(11(2)18-20)10-19(4)17(22)13-7-8-16(25-5)15(9-13)21(23)24/h7-9H,6,10H2,1-5H3. The van der Waals surface area contributed by atoms with Gasteiger partial charge in [-0.1, -0.05) is 0 Å². The Hall–Kier alpha value is -2.90. The molecule has 0 saturated heterocycles. The van der Waals surface area contributed by atoms with Crippen molar-refractivity contribution in [3.63, 3.8) is 0 Å². The molecule has 1 heterocycles. The number of carbonyl (C=O) groups excluding carboxylic acids is 1. The van der Waals surface area contributed by atoms with Crippen LogP contribution in [0.25, 0.3) is 0 Å². The second-order valence-corrected chi connectivity index (χ2v) is 5.77. The van der Waals surface area contributed by atoms with Gasteiger partial charge in [0.05, 0.1) is 17.7 Å². The number of aryl methyl sites for hydroxylation is 2. The van der Waals surface area contributed by atoms with Crippen LogP contribution in [0.1, 0.15) is 34.2 Å². The number of rotatable bonds is 6. The summed E-state index contributed by atoms with van der Waals surface area (Å²) in [5, 5.41) is 15.6. The van der Waals surface area contributed by atoms with Crippen LogP contribution < -0.4 is 4.74 Å². The first-order valence-electron chi connectivity index (χ1n) is 7.90. The van der Waals surface area contributed by atoms with Crippen LogP contribution in [0, 0.1) is 24.0 Å². The van der Waals surface area contributed by atoms with Crippen LogP contribution in [0.2, 0.25) is 0 Å². The van der Waals surface area contributed by atoms with Crippen molar-refractivity contribution in [1.29, 1.82) is 0 Å². The van der Waals surface area contributed by atoms with Crippen molar-refractivity contribution in [2.24, 2.45) is 0 Å². The van der Waals surface area contributed by atoms with Gasteiger partial charge in [0.1, 0.15) is 0 Å².